The average molecular weight is 223 g/mol. The fourth-order valence-corrected chi connectivity index (χ4v) is 2.21. The standard InChI is InChI=1S/C6H13N3O2S2/c1-4(6(7)12)8-13(10,11)9-5-2-3-5/h4-5,8-9H,2-3H2,1H3,(H2,7,12). The fraction of sp³-hybridized carbons (Fsp3) is 0.833. The van der Waals surface area contributed by atoms with E-state index in [0.717, 1.165) is 12.8 Å². The first kappa shape index (κ1) is 10.8. The maximum Gasteiger partial charge on any atom is 0.277 e. The molecule has 0 aromatic carbocycles. The zero-order valence-corrected chi connectivity index (χ0v) is 8.91. The van der Waals surface area contributed by atoms with Crippen molar-refractivity contribution in [2.24, 2.45) is 5.73 Å². The normalized spacial score (nSPS) is 19.8. The lowest BCUT2D eigenvalue weighted by Crippen LogP contribution is -2.47. The largest absolute Gasteiger partial charge is 0.392 e. The maximum absolute atomic E-state index is 11.3. The van der Waals surface area contributed by atoms with Crippen molar-refractivity contribution in [1.29, 1.82) is 0 Å². The lowest BCUT2D eigenvalue weighted by atomic mass is 10.4. The summed E-state index contributed by atoms with van der Waals surface area (Å²) >= 11 is 4.64. The summed E-state index contributed by atoms with van der Waals surface area (Å²) in [6.45, 7) is 1.61. The monoisotopic (exact) mass is 223 g/mol. The first-order valence-corrected chi connectivity index (χ1v) is 5.89. The summed E-state index contributed by atoms with van der Waals surface area (Å²) in [4.78, 5) is 0.140. The van der Waals surface area contributed by atoms with Crippen LogP contribution in [0.3, 0.4) is 0 Å². The van der Waals surface area contributed by atoms with Crippen LogP contribution in [0.15, 0.2) is 0 Å². The minimum Gasteiger partial charge on any atom is -0.392 e. The molecule has 4 N–H and O–H groups in total. The van der Waals surface area contributed by atoms with Crippen LogP contribution < -0.4 is 15.2 Å². The highest BCUT2D eigenvalue weighted by molar-refractivity contribution is 7.87. The Bertz CT molecular complexity index is 297. The Morgan fingerprint density at radius 1 is 1.62 bits per heavy atom. The molecule has 0 saturated heterocycles. The molecule has 13 heavy (non-hydrogen) atoms. The molecule has 1 saturated carbocycles. The molecule has 0 bridgehead atoms. The second-order valence-electron chi connectivity index (χ2n) is 3.14. The van der Waals surface area contributed by atoms with Crippen molar-refractivity contribution in [3.05, 3.63) is 0 Å². The first-order valence-electron chi connectivity index (χ1n) is 3.99. The van der Waals surface area contributed by atoms with Gasteiger partial charge in [-0.2, -0.15) is 17.9 Å². The number of nitrogens with one attached hydrogen (secondary N) is 2. The molecule has 0 aliphatic heterocycles. The zero-order chi connectivity index (χ0) is 10.1. The molecular weight excluding hydrogens is 210 g/mol. The predicted molar refractivity (Wildman–Crippen MR) is 54.5 cm³/mol. The van der Waals surface area contributed by atoms with Gasteiger partial charge < -0.3 is 5.73 Å². The van der Waals surface area contributed by atoms with Gasteiger partial charge in [0, 0.05) is 6.04 Å². The van der Waals surface area contributed by atoms with E-state index in [1.54, 1.807) is 6.92 Å². The minimum absolute atomic E-state index is 0.0936. The molecule has 7 heteroatoms. The second-order valence-corrected chi connectivity index (χ2v) is 5.09. The van der Waals surface area contributed by atoms with Crippen LogP contribution in [0.2, 0.25) is 0 Å². The van der Waals surface area contributed by atoms with Crippen molar-refractivity contribution in [3.63, 3.8) is 0 Å². The summed E-state index contributed by atoms with van der Waals surface area (Å²) in [6.07, 6.45) is 1.81. The molecule has 0 aromatic heterocycles. The van der Waals surface area contributed by atoms with Gasteiger partial charge >= 0.3 is 0 Å². The molecule has 0 spiro atoms. The summed E-state index contributed by atoms with van der Waals surface area (Å²) in [5, 5.41) is 0. The van der Waals surface area contributed by atoms with Crippen molar-refractivity contribution < 1.29 is 8.42 Å². The highest BCUT2D eigenvalue weighted by atomic mass is 32.2. The quantitative estimate of drug-likeness (QED) is 0.535. The van der Waals surface area contributed by atoms with Crippen LogP contribution in [0, 0.1) is 0 Å². The van der Waals surface area contributed by atoms with Crippen LogP contribution in [-0.2, 0) is 10.2 Å². The Kier molecular flexibility index (Phi) is 3.23. The van der Waals surface area contributed by atoms with Crippen molar-refractivity contribution in [2.75, 3.05) is 0 Å². The van der Waals surface area contributed by atoms with Crippen LogP contribution in [-0.4, -0.2) is 25.5 Å². The first-order chi connectivity index (χ1) is 5.91. The van der Waals surface area contributed by atoms with E-state index in [9.17, 15) is 8.42 Å². The summed E-state index contributed by atoms with van der Waals surface area (Å²) in [5.41, 5.74) is 5.27. The molecule has 5 nitrogen and oxygen atoms in total. The van der Waals surface area contributed by atoms with Gasteiger partial charge in [0.15, 0.2) is 0 Å². The highest BCUT2D eigenvalue weighted by Crippen LogP contribution is 2.19. The molecule has 1 unspecified atom stereocenters. The van der Waals surface area contributed by atoms with Gasteiger partial charge in [0.1, 0.15) is 0 Å². The molecule has 0 amide bonds. The van der Waals surface area contributed by atoms with E-state index in [0.29, 0.717) is 0 Å². The molecule has 1 atom stereocenters. The third-order valence-electron chi connectivity index (χ3n) is 1.66. The van der Waals surface area contributed by atoms with Gasteiger partial charge in [-0.25, -0.2) is 0 Å². The van der Waals surface area contributed by atoms with E-state index < -0.39 is 16.3 Å². The van der Waals surface area contributed by atoms with Gasteiger partial charge in [0.2, 0.25) is 0 Å². The number of rotatable bonds is 5. The third kappa shape index (κ3) is 3.99. The van der Waals surface area contributed by atoms with Gasteiger partial charge in [-0.05, 0) is 19.8 Å². The van der Waals surface area contributed by atoms with E-state index in [4.69, 9.17) is 5.73 Å². The Morgan fingerprint density at radius 2 is 2.15 bits per heavy atom. The van der Waals surface area contributed by atoms with E-state index in [-0.39, 0.29) is 11.0 Å². The molecule has 1 aliphatic carbocycles. The van der Waals surface area contributed by atoms with Gasteiger partial charge in [0.25, 0.3) is 10.2 Å². The molecule has 76 valence electrons. The van der Waals surface area contributed by atoms with Crippen LogP contribution in [0.25, 0.3) is 0 Å². The predicted octanol–water partition coefficient (Wildman–Crippen LogP) is -0.753. The Labute approximate surface area is 83.3 Å². The number of thiocarbonyl (C=S) groups is 1. The molecule has 1 aliphatic rings. The molecule has 1 rings (SSSR count). The second kappa shape index (κ2) is 3.87. The highest BCUT2D eigenvalue weighted by Gasteiger charge is 2.27. The number of hydrogen-bond acceptors (Lipinski definition) is 3. The number of hydrogen-bond donors (Lipinski definition) is 3. The minimum atomic E-state index is -3.43. The van der Waals surface area contributed by atoms with Crippen molar-refractivity contribution >= 4 is 27.4 Å². The molecular formula is C6H13N3O2S2. The van der Waals surface area contributed by atoms with Gasteiger partial charge in [-0.3, -0.25) is 0 Å². The van der Waals surface area contributed by atoms with E-state index >= 15 is 0 Å². The Hall–Kier alpha value is -0.240. The van der Waals surface area contributed by atoms with Crippen LogP contribution in [0.4, 0.5) is 0 Å². The SMILES string of the molecule is CC(NS(=O)(=O)NC1CC1)C(N)=S. The smallest absolute Gasteiger partial charge is 0.277 e. The van der Waals surface area contributed by atoms with Crippen LogP contribution >= 0.6 is 12.2 Å². The van der Waals surface area contributed by atoms with Crippen molar-refractivity contribution in [3.8, 4) is 0 Å². The van der Waals surface area contributed by atoms with Gasteiger partial charge in [0.05, 0.1) is 11.0 Å². The summed E-state index contributed by atoms with van der Waals surface area (Å²) < 4.78 is 27.3. The van der Waals surface area contributed by atoms with Crippen LogP contribution in [0.1, 0.15) is 19.8 Å². The lowest BCUT2D eigenvalue weighted by molar-refractivity contribution is 0.563. The van der Waals surface area contributed by atoms with Crippen LogP contribution in [0.5, 0.6) is 0 Å². The third-order valence-corrected chi connectivity index (χ3v) is 3.32. The Balaban J connectivity index is 2.45. The average Bonchev–Trinajstić information content (AvgIpc) is 2.69. The van der Waals surface area contributed by atoms with E-state index in [2.05, 4.69) is 21.7 Å². The van der Waals surface area contributed by atoms with E-state index in [1.807, 2.05) is 0 Å². The summed E-state index contributed by atoms with van der Waals surface area (Å²) in [7, 11) is -3.43. The summed E-state index contributed by atoms with van der Waals surface area (Å²) in [5.74, 6) is 0. The number of nitrogens with two attached hydrogens (primary N) is 1. The fourth-order valence-electron chi connectivity index (χ4n) is 0.745. The topological polar surface area (TPSA) is 84.2 Å². The summed E-state index contributed by atoms with van der Waals surface area (Å²) in [6, 6.07) is -0.415. The lowest BCUT2D eigenvalue weighted by Gasteiger charge is -2.12. The zero-order valence-electron chi connectivity index (χ0n) is 7.28. The van der Waals surface area contributed by atoms with Crippen molar-refractivity contribution in [2.45, 2.75) is 31.8 Å². The molecule has 1 fully saturated rings. The van der Waals surface area contributed by atoms with Crippen molar-refractivity contribution in [1.82, 2.24) is 9.44 Å². The molecule has 0 radical (unpaired) electrons. The van der Waals surface area contributed by atoms with Gasteiger partial charge in [-0.1, -0.05) is 12.2 Å². The Morgan fingerprint density at radius 3 is 2.54 bits per heavy atom. The van der Waals surface area contributed by atoms with Gasteiger partial charge in [-0.15, -0.1) is 0 Å². The molecule has 0 aromatic rings. The van der Waals surface area contributed by atoms with E-state index in [1.165, 1.54) is 0 Å². The molecule has 0 heterocycles. The maximum atomic E-state index is 11.3.